The summed E-state index contributed by atoms with van der Waals surface area (Å²) in [6.07, 6.45) is 15.6. The van der Waals surface area contributed by atoms with Crippen LogP contribution in [-0.2, 0) is 14.4 Å². The second-order valence-electron chi connectivity index (χ2n) is 19.0. The smallest absolute Gasteiger partial charge is 0.0505 e. The molecular formula is C59H70Cl2N3O6P. The molecule has 0 spiro atoms. The van der Waals surface area contributed by atoms with Crippen molar-refractivity contribution < 1.29 is 23.5 Å². The van der Waals surface area contributed by atoms with Crippen LogP contribution in [0.3, 0.4) is 0 Å². The average molecular weight is 1020 g/mol. The first-order chi connectivity index (χ1) is 34.5. The van der Waals surface area contributed by atoms with Crippen molar-refractivity contribution >= 4 is 79.1 Å². The summed E-state index contributed by atoms with van der Waals surface area (Å²) in [5, 5.41) is 7.32. The van der Waals surface area contributed by atoms with Gasteiger partial charge in [0.2, 0.25) is 5.91 Å². The molecule has 7 rings (SSSR count). The Morgan fingerprint density at radius 3 is 1.73 bits per heavy atom. The van der Waals surface area contributed by atoms with Gasteiger partial charge < -0.3 is 9.73 Å². The van der Waals surface area contributed by atoms with Crippen LogP contribution < -0.4 is 31.6 Å². The van der Waals surface area contributed by atoms with Gasteiger partial charge >= 0.3 is 230 Å². The fraction of sp³-hybridized carbons (Fsp3) is 0.390. The van der Waals surface area contributed by atoms with Gasteiger partial charge in [-0.05, 0) is 30.7 Å². The van der Waals surface area contributed by atoms with E-state index < -0.39 is 17.7 Å². The van der Waals surface area contributed by atoms with Crippen LogP contribution in [0.1, 0.15) is 110 Å². The van der Waals surface area contributed by atoms with Crippen LogP contribution in [0.15, 0.2) is 143 Å². The minimum atomic E-state index is -3.41. The third-order valence-electron chi connectivity index (χ3n) is 14.0. The van der Waals surface area contributed by atoms with E-state index in [0.29, 0.717) is 84.6 Å². The first-order valence-corrected chi connectivity index (χ1v) is 29.5. The molecule has 1 N–H and O–H groups in total. The van der Waals surface area contributed by atoms with Crippen LogP contribution in [0.5, 0.6) is 5.75 Å². The van der Waals surface area contributed by atoms with Gasteiger partial charge in [0.15, 0.2) is 0 Å². The molecule has 71 heavy (non-hydrogen) atoms. The number of hydrogen-bond acceptors (Lipinski definition) is 6. The second kappa shape index (κ2) is 25.8. The van der Waals surface area contributed by atoms with Crippen molar-refractivity contribution in [2.45, 2.75) is 116 Å². The Bertz CT molecular complexity index is 2650. The zero-order chi connectivity index (χ0) is 50.1. The van der Waals surface area contributed by atoms with Crippen LogP contribution in [0.25, 0.3) is 22.1 Å². The number of benzene rings is 5. The van der Waals surface area contributed by atoms with Gasteiger partial charge in [-0.25, -0.2) is 4.79 Å². The van der Waals surface area contributed by atoms with Gasteiger partial charge in [-0.3, -0.25) is 4.79 Å². The monoisotopic (exact) mass is 1020 g/mol. The van der Waals surface area contributed by atoms with E-state index in [2.05, 4.69) is 48.6 Å². The summed E-state index contributed by atoms with van der Waals surface area (Å²) >= 11 is 15.0. The molecule has 0 radical (unpaired) electrons. The number of halogens is 2. The van der Waals surface area contributed by atoms with Crippen molar-refractivity contribution in [2.75, 3.05) is 37.7 Å². The molecule has 2 heterocycles. The maximum Gasteiger partial charge on any atom is 0.0505 e. The van der Waals surface area contributed by atoms with Gasteiger partial charge in [0.1, 0.15) is 11.3 Å². The molecule has 1 aliphatic heterocycles. The number of carbonyl (C=O) groups excluding carboxylic acids is 3. The van der Waals surface area contributed by atoms with E-state index in [4.69, 9.17) is 32.0 Å². The Hall–Kier alpha value is -5.47. The second-order valence-corrected chi connectivity index (χ2v) is 26.0. The van der Waals surface area contributed by atoms with E-state index in [-0.39, 0.29) is 23.3 Å². The summed E-state index contributed by atoms with van der Waals surface area (Å²) in [6, 6.07) is 43.0. The number of nitrogens with one attached hydrogen (secondary N) is 1. The first-order valence-electron chi connectivity index (χ1n) is 25.8. The third kappa shape index (κ3) is 13.5. The Morgan fingerprint density at radius 2 is 1.17 bits per heavy atom. The molecule has 0 saturated carbocycles. The fourth-order valence-electron chi connectivity index (χ4n) is 10.0. The predicted octanol–water partition coefficient (Wildman–Crippen LogP) is 13.0. The molecule has 3 amide bonds. The van der Waals surface area contributed by atoms with E-state index >= 15 is 0 Å². The Kier molecular flexibility index (Phi) is 19.4. The Labute approximate surface area is 430 Å². The van der Waals surface area contributed by atoms with Crippen molar-refractivity contribution in [3.05, 3.63) is 149 Å². The Morgan fingerprint density at radius 1 is 0.634 bits per heavy atom. The summed E-state index contributed by atoms with van der Waals surface area (Å²) < 4.78 is 11.7. The number of ether oxygens (including phenoxy) is 1. The number of hydrogen-bond donors (Lipinski definition) is 1. The average Bonchev–Trinajstić information content (AvgIpc) is 3.39. The van der Waals surface area contributed by atoms with E-state index in [1.807, 2.05) is 59.5 Å². The fourth-order valence-corrected chi connectivity index (χ4v) is 16.5. The number of unbranched alkanes of at least 4 members (excludes halogenated alkanes) is 11. The SMILES string of the molecule is CCCCCCCCCCCCCC(=O)Nc1ccc(-c2cc(=O)oc3cc(O[C@H](C)C(=O)N4CCN(C(=O)CCCCP(Cl)(c5ccccc5)(c5ccccc5)c5ccccc5)CC4)ccc23)c(Cl)c1. The molecule has 5 aromatic carbocycles. The summed E-state index contributed by atoms with van der Waals surface area (Å²) in [4.78, 5) is 56.5. The van der Waals surface area contributed by atoms with Gasteiger partial charge in [0.25, 0.3) is 0 Å². The molecular weight excluding hydrogens is 949 g/mol. The molecule has 0 bridgehead atoms. The molecule has 0 aliphatic carbocycles. The maximum atomic E-state index is 13.7. The van der Waals surface area contributed by atoms with Crippen molar-refractivity contribution in [2.24, 2.45) is 0 Å². The minimum absolute atomic E-state index is 0.0493. The maximum absolute atomic E-state index is 13.7. The molecule has 1 fully saturated rings. The summed E-state index contributed by atoms with van der Waals surface area (Å²) in [6.45, 7) is 5.60. The largest absolute Gasteiger partial charge is 0.0836 e. The first kappa shape index (κ1) is 53.3. The number of fused-ring (bicyclic) bond motifs is 1. The Balaban J connectivity index is 0.882. The van der Waals surface area contributed by atoms with Crippen LogP contribution in [0.4, 0.5) is 5.69 Å². The number of carbonyl (C=O) groups is 3. The number of nitrogens with zero attached hydrogens (tertiary/aromatic N) is 2. The summed E-state index contributed by atoms with van der Waals surface area (Å²) in [5.74, 6) is -3.21. The zero-order valence-corrected chi connectivity index (χ0v) is 43.9. The van der Waals surface area contributed by atoms with Crippen LogP contribution in [0, 0.1) is 0 Å². The minimum Gasteiger partial charge on any atom is -0.0836 e. The molecule has 376 valence electrons. The van der Waals surface area contributed by atoms with Crippen molar-refractivity contribution in [1.82, 2.24) is 9.80 Å². The van der Waals surface area contributed by atoms with E-state index in [0.717, 1.165) is 41.6 Å². The van der Waals surface area contributed by atoms with Crippen molar-refractivity contribution in [3.63, 3.8) is 0 Å². The molecule has 0 unspecified atom stereocenters. The van der Waals surface area contributed by atoms with Crippen LogP contribution in [0.2, 0.25) is 5.02 Å². The van der Waals surface area contributed by atoms with Gasteiger partial charge in [-0.15, -0.1) is 0 Å². The molecule has 1 saturated heterocycles. The van der Waals surface area contributed by atoms with E-state index in [9.17, 15) is 19.2 Å². The van der Waals surface area contributed by atoms with Gasteiger partial charge in [0.05, 0.1) is 5.02 Å². The molecule has 9 nitrogen and oxygen atoms in total. The number of amides is 3. The molecule has 1 atom stereocenters. The van der Waals surface area contributed by atoms with Crippen LogP contribution in [-0.4, -0.2) is 66.0 Å². The van der Waals surface area contributed by atoms with Crippen molar-refractivity contribution in [1.29, 1.82) is 0 Å². The topological polar surface area (TPSA) is 109 Å². The van der Waals surface area contributed by atoms with Crippen molar-refractivity contribution in [3.8, 4) is 16.9 Å². The van der Waals surface area contributed by atoms with Gasteiger partial charge in [0, 0.05) is 40.8 Å². The summed E-state index contributed by atoms with van der Waals surface area (Å²) in [5.41, 5.74) is 1.50. The third-order valence-corrected chi connectivity index (χ3v) is 21.8. The zero-order valence-electron chi connectivity index (χ0n) is 41.5. The van der Waals surface area contributed by atoms with E-state index in [1.165, 1.54) is 57.4 Å². The summed E-state index contributed by atoms with van der Waals surface area (Å²) in [7, 11) is 0. The molecule has 12 heteroatoms. The molecule has 1 aromatic heterocycles. The quantitative estimate of drug-likeness (QED) is 0.0348. The molecule has 1 aliphatic rings. The normalized spacial score (nSPS) is 13.9. The predicted molar refractivity (Wildman–Crippen MR) is 296 cm³/mol. The number of rotatable bonds is 25. The molecule has 6 aromatic rings. The number of anilines is 1. The van der Waals surface area contributed by atoms with Crippen LogP contribution >= 0.6 is 28.8 Å². The van der Waals surface area contributed by atoms with E-state index in [1.54, 1.807) is 48.2 Å². The standard InChI is InChI=1S/C59H70Cl2N3O6P/c1-3-4-5-6-7-8-9-10-11-12-22-31-56(65)62-46-33-35-51(54(60)42-46)53-44-58(67)70-55-43-47(34-36-52(53)55)69-45(2)59(68)64-39-37-63(38-40-64)57(66)32-23-24-41-71(61,48-25-16-13-17-26-48,49-27-18-14-19-28-49)50-29-20-15-21-30-50/h13-21,25-30,33-36,42-45H,3-12,22-24,31-32,37-41H2,1-2H3,(H,62,65)/t45-/m1/s1. The number of piperazine rings is 1. The van der Waals surface area contributed by atoms with Gasteiger partial charge in [-0.1, -0.05) is 88.8 Å². The van der Waals surface area contributed by atoms with Gasteiger partial charge in [-0.2, -0.15) is 0 Å².